The summed E-state index contributed by atoms with van der Waals surface area (Å²) in [4.78, 5) is 14.2. The summed E-state index contributed by atoms with van der Waals surface area (Å²) in [6.07, 6.45) is 12.7. The number of aryl methyl sites for hydroxylation is 1. The van der Waals surface area contributed by atoms with Crippen LogP contribution in [0.4, 0.5) is 17.6 Å². The lowest BCUT2D eigenvalue weighted by Crippen LogP contribution is -2.24. The minimum Gasteiger partial charge on any atom is -0.490 e. The summed E-state index contributed by atoms with van der Waals surface area (Å²) in [7, 11) is 0. The van der Waals surface area contributed by atoms with Gasteiger partial charge in [-0.3, -0.25) is 5.43 Å². The number of nitrogens with zero attached hydrogens (tertiary/aromatic N) is 5. The molecular formula is C33H43ClN6O2. The number of nitrogens with one attached hydrogen (secondary N) is 1. The van der Waals surface area contributed by atoms with Crippen LogP contribution in [0, 0.1) is 0 Å². The second kappa shape index (κ2) is 15.6. The van der Waals surface area contributed by atoms with Crippen molar-refractivity contribution in [3.05, 3.63) is 64.7 Å². The second-order valence-electron chi connectivity index (χ2n) is 11.0. The summed E-state index contributed by atoms with van der Waals surface area (Å²) in [6, 6.07) is 15.9. The zero-order chi connectivity index (χ0) is 29.0. The zero-order valence-corrected chi connectivity index (χ0v) is 25.5. The molecule has 2 aliphatic rings. The summed E-state index contributed by atoms with van der Waals surface area (Å²) < 4.78 is 12.0. The van der Waals surface area contributed by atoms with Crippen LogP contribution >= 0.6 is 11.6 Å². The van der Waals surface area contributed by atoms with E-state index in [2.05, 4.69) is 39.4 Å². The molecule has 0 amide bonds. The van der Waals surface area contributed by atoms with Crippen molar-refractivity contribution in [2.24, 2.45) is 5.10 Å². The fraction of sp³-hybridized carbons (Fsp3) is 0.485. The Kier molecular flexibility index (Phi) is 11.2. The average Bonchev–Trinajstić information content (AvgIpc) is 3.75. The van der Waals surface area contributed by atoms with Gasteiger partial charge in [0.1, 0.15) is 30.5 Å². The Balaban J connectivity index is 1.16. The van der Waals surface area contributed by atoms with E-state index in [-0.39, 0.29) is 0 Å². The van der Waals surface area contributed by atoms with Gasteiger partial charge >= 0.3 is 0 Å². The molecule has 5 rings (SSSR count). The van der Waals surface area contributed by atoms with E-state index in [9.17, 15) is 0 Å². The van der Waals surface area contributed by atoms with E-state index >= 15 is 0 Å². The highest BCUT2D eigenvalue weighted by atomic mass is 35.5. The summed E-state index contributed by atoms with van der Waals surface area (Å²) in [5.41, 5.74) is 5.25. The highest BCUT2D eigenvalue weighted by Crippen LogP contribution is 2.26. The first-order chi connectivity index (χ1) is 20.7. The van der Waals surface area contributed by atoms with Gasteiger partial charge in [0, 0.05) is 42.8 Å². The highest BCUT2D eigenvalue weighted by Gasteiger charge is 2.20. The van der Waals surface area contributed by atoms with E-state index in [1.165, 1.54) is 56.9 Å². The highest BCUT2D eigenvalue weighted by molar-refractivity contribution is 6.30. The first-order valence-electron chi connectivity index (χ1n) is 15.5. The molecule has 0 aliphatic carbocycles. The molecule has 3 heterocycles. The van der Waals surface area contributed by atoms with Crippen molar-refractivity contribution in [1.82, 2.24) is 9.97 Å². The quantitative estimate of drug-likeness (QED) is 0.113. The van der Waals surface area contributed by atoms with E-state index < -0.39 is 0 Å². The second-order valence-corrected chi connectivity index (χ2v) is 11.4. The maximum Gasteiger partial charge on any atom is 0.229 e. The third-order valence-corrected chi connectivity index (χ3v) is 7.96. The van der Waals surface area contributed by atoms with Crippen LogP contribution in [0.15, 0.2) is 53.6 Å². The molecule has 1 N–H and O–H groups in total. The van der Waals surface area contributed by atoms with E-state index in [4.69, 9.17) is 31.0 Å². The van der Waals surface area contributed by atoms with Crippen molar-refractivity contribution in [3.8, 4) is 11.5 Å². The van der Waals surface area contributed by atoms with Gasteiger partial charge in [0.2, 0.25) is 5.95 Å². The molecular weight excluding hydrogens is 548 g/mol. The minimum atomic E-state index is 0.402. The maximum absolute atomic E-state index is 6.31. The third kappa shape index (κ3) is 8.74. The van der Waals surface area contributed by atoms with Crippen LogP contribution in [0.25, 0.3) is 0 Å². The van der Waals surface area contributed by atoms with Crippen molar-refractivity contribution in [1.29, 1.82) is 0 Å². The van der Waals surface area contributed by atoms with Gasteiger partial charge in [-0.1, -0.05) is 49.9 Å². The SMILES string of the molecule is CCCCCCc1ccc(OCCOc2ccc(Cl)cc2C=NNc2cc(N3CCCC3)nc(N3CCCC3)n2)cc1. The molecule has 0 atom stereocenters. The fourth-order valence-corrected chi connectivity index (χ4v) is 5.57. The first-order valence-corrected chi connectivity index (χ1v) is 15.9. The molecule has 2 saturated heterocycles. The number of hydrogen-bond donors (Lipinski definition) is 1. The lowest BCUT2D eigenvalue weighted by Gasteiger charge is -2.21. The Morgan fingerprint density at radius 3 is 2.36 bits per heavy atom. The maximum atomic E-state index is 6.31. The Labute approximate surface area is 255 Å². The van der Waals surface area contributed by atoms with Gasteiger partial charge < -0.3 is 19.3 Å². The standard InChI is InChI=1S/C33H43ClN6O2/c1-2-3-4-5-10-26-11-14-29(15-12-26)41-21-22-42-30-16-13-28(34)23-27(30)25-35-38-31-24-32(39-17-6-7-18-39)37-33(36-31)40-19-8-9-20-40/h11-16,23-25H,2-10,17-22H2,1H3,(H,36,37,38). The number of halogens is 1. The Hall–Kier alpha value is -3.52. The number of ether oxygens (including phenoxy) is 2. The molecule has 0 spiro atoms. The Bertz CT molecular complexity index is 1260. The fourth-order valence-electron chi connectivity index (χ4n) is 5.39. The molecule has 2 aliphatic heterocycles. The van der Waals surface area contributed by atoms with Crippen molar-refractivity contribution < 1.29 is 9.47 Å². The van der Waals surface area contributed by atoms with Gasteiger partial charge in [0.15, 0.2) is 5.82 Å². The van der Waals surface area contributed by atoms with Crippen molar-refractivity contribution in [2.45, 2.75) is 64.7 Å². The molecule has 0 radical (unpaired) electrons. The van der Waals surface area contributed by atoms with Crippen LogP contribution in [0.5, 0.6) is 11.5 Å². The van der Waals surface area contributed by atoms with Gasteiger partial charge in [-0.2, -0.15) is 15.1 Å². The number of rotatable bonds is 15. The van der Waals surface area contributed by atoms with Gasteiger partial charge in [-0.15, -0.1) is 0 Å². The normalized spacial score (nSPS) is 15.1. The van der Waals surface area contributed by atoms with Gasteiger partial charge in [-0.05, 0) is 74.4 Å². The van der Waals surface area contributed by atoms with Crippen LogP contribution in [-0.2, 0) is 6.42 Å². The number of anilines is 3. The Morgan fingerprint density at radius 1 is 0.857 bits per heavy atom. The number of unbranched alkanes of at least 4 members (excludes halogenated alkanes) is 3. The Morgan fingerprint density at radius 2 is 1.60 bits per heavy atom. The number of benzene rings is 2. The molecule has 1 aromatic heterocycles. The van der Waals surface area contributed by atoms with Crippen LogP contribution in [0.2, 0.25) is 5.02 Å². The lowest BCUT2D eigenvalue weighted by molar-refractivity contribution is 0.217. The topological polar surface area (TPSA) is 75.1 Å². The lowest BCUT2D eigenvalue weighted by atomic mass is 10.1. The average molecular weight is 591 g/mol. The van der Waals surface area contributed by atoms with E-state index in [0.717, 1.165) is 55.7 Å². The van der Waals surface area contributed by atoms with Crippen LogP contribution in [0.3, 0.4) is 0 Å². The first kappa shape index (κ1) is 30.0. The van der Waals surface area contributed by atoms with Crippen LogP contribution in [0.1, 0.15) is 69.4 Å². The molecule has 9 heteroatoms. The number of hydrogen-bond acceptors (Lipinski definition) is 8. The largest absolute Gasteiger partial charge is 0.490 e. The van der Waals surface area contributed by atoms with Gasteiger partial charge in [0.25, 0.3) is 0 Å². The summed E-state index contributed by atoms with van der Waals surface area (Å²) in [5, 5.41) is 5.11. The van der Waals surface area contributed by atoms with Crippen molar-refractivity contribution in [2.75, 3.05) is 54.6 Å². The monoisotopic (exact) mass is 590 g/mol. The predicted octanol–water partition coefficient (Wildman–Crippen LogP) is 7.36. The summed E-state index contributed by atoms with van der Waals surface area (Å²) in [6.45, 7) is 7.11. The molecule has 8 nitrogen and oxygen atoms in total. The molecule has 0 unspecified atom stereocenters. The van der Waals surface area contributed by atoms with E-state index in [1.807, 2.05) is 36.4 Å². The zero-order valence-electron chi connectivity index (χ0n) is 24.7. The molecule has 42 heavy (non-hydrogen) atoms. The molecule has 2 aromatic carbocycles. The van der Waals surface area contributed by atoms with Crippen LogP contribution in [-0.4, -0.2) is 55.6 Å². The smallest absolute Gasteiger partial charge is 0.229 e. The molecule has 224 valence electrons. The summed E-state index contributed by atoms with van der Waals surface area (Å²) >= 11 is 6.31. The minimum absolute atomic E-state index is 0.402. The predicted molar refractivity (Wildman–Crippen MR) is 173 cm³/mol. The molecule has 3 aromatic rings. The molecule has 2 fully saturated rings. The molecule has 0 bridgehead atoms. The van der Waals surface area contributed by atoms with Crippen molar-refractivity contribution >= 4 is 35.4 Å². The number of hydrazone groups is 1. The van der Waals surface area contributed by atoms with Gasteiger partial charge in [-0.25, -0.2) is 0 Å². The van der Waals surface area contributed by atoms with E-state index in [0.29, 0.717) is 29.8 Å². The third-order valence-electron chi connectivity index (χ3n) is 7.73. The van der Waals surface area contributed by atoms with Crippen molar-refractivity contribution in [3.63, 3.8) is 0 Å². The summed E-state index contributed by atoms with van der Waals surface area (Å²) in [5.74, 6) is 3.94. The number of aromatic nitrogens is 2. The molecule has 0 saturated carbocycles. The van der Waals surface area contributed by atoms with E-state index in [1.54, 1.807) is 6.21 Å². The van der Waals surface area contributed by atoms with Crippen LogP contribution < -0.4 is 24.7 Å². The van der Waals surface area contributed by atoms with Gasteiger partial charge in [0.05, 0.1) is 6.21 Å².